The Morgan fingerprint density at radius 1 is 1.25 bits per heavy atom. The van der Waals surface area contributed by atoms with Crippen molar-refractivity contribution in [1.82, 2.24) is 4.98 Å². The molecule has 0 aliphatic heterocycles. The van der Waals surface area contributed by atoms with Crippen molar-refractivity contribution in [2.45, 2.75) is 17.7 Å². The highest BCUT2D eigenvalue weighted by Crippen LogP contribution is 2.34. The summed E-state index contributed by atoms with van der Waals surface area (Å²) in [5.74, 6) is 1.11. The summed E-state index contributed by atoms with van der Waals surface area (Å²) in [5.41, 5.74) is 0.417. The molecule has 20 heavy (non-hydrogen) atoms. The summed E-state index contributed by atoms with van der Waals surface area (Å²) < 4.78 is 28.9. The Bertz CT molecular complexity index is 773. The van der Waals surface area contributed by atoms with E-state index in [9.17, 15) is 8.42 Å². The molecule has 0 spiro atoms. The van der Waals surface area contributed by atoms with Crippen LogP contribution in [-0.4, -0.2) is 20.0 Å². The number of rotatable bonds is 4. The highest BCUT2D eigenvalue weighted by Gasteiger charge is 2.23. The number of benzene rings is 1. The summed E-state index contributed by atoms with van der Waals surface area (Å²) in [6.07, 6.45) is 2.33. The van der Waals surface area contributed by atoms with Gasteiger partial charge < -0.3 is 4.74 Å². The molecule has 1 aliphatic carbocycles. The SMILES string of the molecule is O=S(=O)(Cl)c1ccc(OCC2CC2)c2nc(Cl)ccc12. The molecule has 0 atom stereocenters. The molecule has 1 aromatic carbocycles. The van der Waals surface area contributed by atoms with E-state index in [1.165, 1.54) is 25.0 Å². The van der Waals surface area contributed by atoms with Gasteiger partial charge in [-0.3, -0.25) is 0 Å². The van der Waals surface area contributed by atoms with Gasteiger partial charge in [-0.25, -0.2) is 13.4 Å². The molecule has 0 N–H and O–H groups in total. The van der Waals surface area contributed by atoms with Crippen LogP contribution in [0.3, 0.4) is 0 Å². The average Bonchev–Trinajstić information content (AvgIpc) is 3.18. The predicted octanol–water partition coefficient (Wildman–Crippen LogP) is 3.60. The van der Waals surface area contributed by atoms with Crippen LogP contribution in [0.5, 0.6) is 5.75 Å². The smallest absolute Gasteiger partial charge is 0.261 e. The number of pyridine rings is 1. The Hall–Kier alpha value is -1.04. The Morgan fingerprint density at radius 3 is 2.65 bits per heavy atom. The van der Waals surface area contributed by atoms with E-state index in [1.807, 2.05) is 0 Å². The van der Waals surface area contributed by atoms with Gasteiger partial charge in [-0.05, 0) is 43.0 Å². The summed E-state index contributed by atoms with van der Waals surface area (Å²) >= 11 is 5.88. The Morgan fingerprint density at radius 2 is 2.00 bits per heavy atom. The van der Waals surface area contributed by atoms with Gasteiger partial charge in [-0.1, -0.05) is 11.6 Å². The third-order valence-corrected chi connectivity index (χ3v) is 4.77. The molecule has 0 saturated heterocycles. The standard InChI is InChI=1S/C13H11Cl2NO3S/c14-12-6-3-9-11(20(15,17)18)5-4-10(13(9)16-12)19-7-8-1-2-8/h3-6,8H,1-2,7H2. The van der Waals surface area contributed by atoms with Crippen molar-refractivity contribution >= 4 is 42.2 Å². The van der Waals surface area contributed by atoms with E-state index in [1.54, 1.807) is 12.1 Å². The fraction of sp³-hybridized carbons (Fsp3) is 0.308. The Kier molecular flexibility index (Phi) is 3.52. The first-order valence-electron chi connectivity index (χ1n) is 6.12. The van der Waals surface area contributed by atoms with Gasteiger partial charge in [0.15, 0.2) is 0 Å². The van der Waals surface area contributed by atoms with Crippen LogP contribution in [-0.2, 0) is 9.05 Å². The minimum absolute atomic E-state index is 0.0112. The summed E-state index contributed by atoms with van der Waals surface area (Å²) in [4.78, 5) is 4.18. The van der Waals surface area contributed by atoms with Crippen LogP contribution < -0.4 is 4.74 Å². The maximum atomic E-state index is 11.6. The lowest BCUT2D eigenvalue weighted by Crippen LogP contribution is -2.02. The number of ether oxygens (including phenoxy) is 1. The molecule has 0 amide bonds. The molecule has 2 aromatic rings. The summed E-state index contributed by atoms with van der Waals surface area (Å²) in [6.45, 7) is 0.607. The van der Waals surface area contributed by atoms with Gasteiger partial charge >= 0.3 is 0 Å². The van der Waals surface area contributed by atoms with Crippen LogP contribution in [0.25, 0.3) is 10.9 Å². The zero-order valence-corrected chi connectivity index (χ0v) is 12.7. The molecule has 0 radical (unpaired) electrons. The molecule has 1 fully saturated rings. The first-order chi connectivity index (χ1) is 9.45. The normalized spacial score (nSPS) is 15.5. The van der Waals surface area contributed by atoms with Gasteiger partial charge in [0.2, 0.25) is 0 Å². The quantitative estimate of drug-likeness (QED) is 0.634. The molecule has 106 valence electrons. The second-order valence-electron chi connectivity index (χ2n) is 4.78. The van der Waals surface area contributed by atoms with Crippen LogP contribution in [0.15, 0.2) is 29.2 Å². The second kappa shape index (κ2) is 5.06. The van der Waals surface area contributed by atoms with Crippen molar-refractivity contribution in [1.29, 1.82) is 0 Å². The summed E-state index contributed by atoms with van der Waals surface area (Å²) in [6, 6.07) is 6.12. The highest BCUT2D eigenvalue weighted by molar-refractivity contribution is 8.14. The number of aromatic nitrogens is 1. The van der Waals surface area contributed by atoms with Gasteiger partial charge in [0.05, 0.1) is 11.5 Å². The number of hydrogen-bond acceptors (Lipinski definition) is 4. The minimum Gasteiger partial charge on any atom is -0.491 e. The largest absolute Gasteiger partial charge is 0.491 e. The molecular weight excluding hydrogens is 321 g/mol. The van der Waals surface area contributed by atoms with Gasteiger partial charge in [-0.2, -0.15) is 0 Å². The van der Waals surface area contributed by atoms with Crippen molar-refractivity contribution in [3.8, 4) is 5.75 Å². The maximum Gasteiger partial charge on any atom is 0.261 e. The fourth-order valence-electron chi connectivity index (χ4n) is 1.96. The average molecular weight is 332 g/mol. The van der Waals surface area contributed by atoms with E-state index in [-0.39, 0.29) is 10.0 Å². The molecular formula is C13H11Cl2NO3S. The molecule has 1 saturated carbocycles. The fourth-order valence-corrected chi connectivity index (χ4v) is 3.17. The van der Waals surface area contributed by atoms with Crippen LogP contribution in [0.1, 0.15) is 12.8 Å². The van der Waals surface area contributed by atoms with E-state index in [0.29, 0.717) is 29.2 Å². The van der Waals surface area contributed by atoms with Gasteiger partial charge in [0.25, 0.3) is 9.05 Å². The second-order valence-corrected chi connectivity index (χ2v) is 7.71. The van der Waals surface area contributed by atoms with E-state index >= 15 is 0 Å². The van der Waals surface area contributed by atoms with E-state index in [4.69, 9.17) is 27.0 Å². The van der Waals surface area contributed by atoms with Crippen molar-refractivity contribution in [2.75, 3.05) is 6.61 Å². The molecule has 0 unspecified atom stereocenters. The lowest BCUT2D eigenvalue weighted by Gasteiger charge is -2.10. The minimum atomic E-state index is -3.84. The topological polar surface area (TPSA) is 56.3 Å². The van der Waals surface area contributed by atoms with Crippen molar-refractivity contribution in [3.05, 3.63) is 29.4 Å². The van der Waals surface area contributed by atoms with Crippen LogP contribution in [0.4, 0.5) is 0 Å². The lowest BCUT2D eigenvalue weighted by atomic mass is 10.2. The zero-order chi connectivity index (χ0) is 14.3. The molecule has 1 heterocycles. The van der Waals surface area contributed by atoms with Crippen LogP contribution in [0.2, 0.25) is 5.15 Å². The third kappa shape index (κ3) is 2.85. The van der Waals surface area contributed by atoms with Crippen molar-refractivity contribution in [2.24, 2.45) is 5.92 Å². The van der Waals surface area contributed by atoms with Gasteiger partial charge in [-0.15, -0.1) is 0 Å². The predicted molar refractivity (Wildman–Crippen MR) is 78.0 cm³/mol. The number of hydrogen-bond donors (Lipinski definition) is 0. The molecule has 3 rings (SSSR count). The van der Waals surface area contributed by atoms with Gasteiger partial charge in [0.1, 0.15) is 16.4 Å². The van der Waals surface area contributed by atoms with E-state index in [0.717, 1.165) is 0 Å². The van der Waals surface area contributed by atoms with Crippen molar-refractivity contribution < 1.29 is 13.2 Å². The van der Waals surface area contributed by atoms with Crippen molar-refractivity contribution in [3.63, 3.8) is 0 Å². The highest BCUT2D eigenvalue weighted by atomic mass is 35.7. The maximum absolute atomic E-state index is 11.6. The number of halogens is 2. The van der Waals surface area contributed by atoms with E-state index < -0.39 is 9.05 Å². The molecule has 1 aliphatic rings. The number of fused-ring (bicyclic) bond motifs is 1. The summed E-state index contributed by atoms with van der Waals surface area (Å²) in [7, 11) is 1.59. The summed E-state index contributed by atoms with van der Waals surface area (Å²) in [5, 5.41) is 0.690. The number of nitrogens with zero attached hydrogens (tertiary/aromatic N) is 1. The monoisotopic (exact) mass is 331 g/mol. The van der Waals surface area contributed by atoms with E-state index in [2.05, 4.69) is 4.98 Å². The van der Waals surface area contributed by atoms with Crippen LogP contribution in [0, 0.1) is 5.92 Å². The van der Waals surface area contributed by atoms with Gasteiger partial charge in [0, 0.05) is 16.1 Å². The van der Waals surface area contributed by atoms with Crippen LogP contribution >= 0.6 is 22.3 Å². The first kappa shape index (κ1) is 13.9. The lowest BCUT2D eigenvalue weighted by molar-refractivity contribution is 0.302. The molecule has 4 nitrogen and oxygen atoms in total. The zero-order valence-electron chi connectivity index (χ0n) is 10.3. The molecule has 0 bridgehead atoms. The Balaban J connectivity index is 2.14. The molecule has 1 aromatic heterocycles. The Labute approximate surface area is 126 Å². The third-order valence-electron chi connectivity index (χ3n) is 3.18. The first-order valence-corrected chi connectivity index (χ1v) is 8.80. The molecule has 7 heteroatoms.